The Bertz CT molecular complexity index is 500. The predicted molar refractivity (Wildman–Crippen MR) is 73.8 cm³/mol. The van der Waals surface area contributed by atoms with Crippen LogP contribution in [0.25, 0.3) is 0 Å². The molecule has 5 heteroatoms. The van der Waals surface area contributed by atoms with Gasteiger partial charge in [0.15, 0.2) is 6.04 Å². The third kappa shape index (κ3) is 2.93. The van der Waals surface area contributed by atoms with E-state index >= 15 is 0 Å². The number of rotatable bonds is 2. The van der Waals surface area contributed by atoms with E-state index in [0.717, 1.165) is 5.56 Å². The molecule has 1 unspecified atom stereocenters. The SMILES string of the molecule is CC(C)(C)c1ccc(C2=NC(CO)C(=O)NN2)cc1. The topological polar surface area (TPSA) is 73.7 Å². The number of hydrazine groups is 1. The molecule has 0 spiro atoms. The lowest BCUT2D eigenvalue weighted by Crippen LogP contribution is -2.52. The molecule has 1 aromatic rings. The van der Waals surface area contributed by atoms with Gasteiger partial charge in [-0.2, -0.15) is 0 Å². The van der Waals surface area contributed by atoms with Crippen LogP contribution in [0.15, 0.2) is 29.3 Å². The Morgan fingerprint density at radius 3 is 2.37 bits per heavy atom. The van der Waals surface area contributed by atoms with Crippen LogP contribution in [0, 0.1) is 0 Å². The van der Waals surface area contributed by atoms with Crippen LogP contribution in [0.1, 0.15) is 31.9 Å². The minimum absolute atomic E-state index is 0.0994. The van der Waals surface area contributed by atoms with Gasteiger partial charge in [0, 0.05) is 5.56 Å². The zero-order chi connectivity index (χ0) is 14.0. The Labute approximate surface area is 112 Å². The van der Waals surface area contributed by atoms with Crippen LogP contribution in [0.2, 0.25) is 0 Å². The highest BCUT2D eigenvalue weighted by molar-refractivity contribution is 6.03. The minimum atomic E-state index is -0.737. The van der Waals surface area contributed by atoms with Crippen molar-refractivity contribution in [3.63, 3.8) is 0 Å². The Balaban J connectivity index is 2.26. The van der Waals surface area contributed by atoms with Gasteiger partial charge in [0.05, 0.1) is 6.61 Å². The summed E-state index contributed by atoms with van der Waals surface area (Å²) in [4.78, 5) is 15.5. The van der Waals surface area contributed by atoms with Gasteiger partial charge in [0.2, 0.25) is 0 Å². The average molecular weight is 261 g/mol. The number of amidine groups is 1. The maximum absolute atomic E-state index is 11.3. The van der Waals surface area contributed by atoms with Gasteiger partial charge in [0.1, 0.15) is 5.84 Å². The average Bonchev–Trinajstić information content (AvgIpc) is 2.38. The van der Waals surface area contributed by atoms with Crippen LogP contribution in [-0.4, -0.2) is 29.5 Å². The summed E-state index contributed by atoms with van der Waals surface area (Å²) >= 11 is 0. The summed E-state index contributed by atoms with van der Waals surface area (Å²) in [6.07, 6.45) is 0. The molecule has 0 fully saturated rings. The van der Waals surface area contributed by atoms with E-state index in [9.17, 15) is 4.79 Å². The second-order valence-corrected chi connectivity index (χ2v) is 5.62. The normalized spacial score (nSPS) is 19.5. The Morgan fingerprint density at radius 2 is 1.84 bits per heavy atom. The molecule has 1 atom stereocenters. The summed E-state index contributed by atoms with van der Waals surface area (Å²) in [6, 6.07) is 7.27. The number of aliphatic imine (C=N–C) groups is 1. The molecule has 0 bridgehead atoms. The molecule has 1 aliphatic heterocycles. The summed E-state index contributed by atoms with van der Waals surface area (Å²) in [5.41, 5.74) is 7.46. The van der Waals surface area contributed by atoms with Gasteiger partial charge in [0.25, 0.3) is 5.91 Å². The standard InChI is InChI=1S/C14H19N3O2/c1-14(2,3)10-6-4-9(5-7-10)12-15-11(8-18)13(19)17-16-12/h4-7,11,18H,8H2,1-3H3,(H,15,16)(H,17,19). The minimum Gasteiger partial charge on any atom is -0.394 e. The lowest BCUT2D eigenvalue weighted by Gasteiger charge is -2.22. The molecule has 1 heterocycles. The quantitative estimate of drug-likeness (QED) is 0.734. The molecule has 0 saturated carbocycles. The zero-order valence-corrected chi connectivity index (χ0v) is 11.4. The summed E-state index contributed by atoms with van der Waals surface area (Å²) in [5, 5.41) is 9.08. The molecular formula is C14H19N3O2. The van der Waals surface area contributed by atoms with Crippen LogP contribution in [0.4, 0.5) is 0 Å². The van der Waals surface area contributed by atoms with Crippen molar-refractivity contribution >= 4 is 11.7 Å². The van der Waals surface area contributed by atoms with Gasteiger partial charge < -0.3 is 5.11 Å². The Kier molecular flexibility index (Phi) is 3.57. The molecule has 0 aliphatic carbocycles. The zero-order valence-electron chi connectivity index (χ0n) is 11.4. The van der Waals surface area contributed by atoms with Gasteiger partial charge in [-0.15, -0.1) is 0 Å². The van der Waals surface area contributed by atoms with Crippen molar-refractivity contribution in [3.8, 4) is 0 Å². The first-order chi connectivity index (χ1) is 8.91. The number of hydrogen-bond donors (Lipinski definition) is 3. The van der Waals surface area contributed by atoms with Crippen LogP contribution >= 0.6 is 0 Å². The molecule has 3 N–H and O–H groups in total. The molecule has 19 heavy (non-hydrogen) atoms. The van der Waals surface area contributed by atoms with Crippen molar-refractivity contribution in [2.75, 3.05) is 6.61 Å². The van der Waals surface area contributed by atoms with Gasteiger partial charge in [-0.3, -0.25) is 20.6 Å². The molecule has 2 rings (SSSR count). The van der Waals surface area contributed by atoms with Gasteiger partial charge in [-0.25, -0.2) is 0 Å². The van der Waals surface area contributed by atoms with Crippen molar-refractivity contribution in [1.82, 2.24) is 10.9 Å². The van der Waals surface area contributed by atoms with E-state index < -0.39 is 6.04 Å². The smallest absolute Gasteiger partial charge is 0.265 e. The summed E-state index contributed by atoms with van der Waals surface area (Å²) in [7, 11) is 0. The first-order valence-electron chi connectivity index (χ1n) is 6.27. The number of aliphatic hydroxyl groups excluding tert-OH is 1. The van der Waals surface area contributed by atoms with Crippen LogP contribution in [0.3, 0.4) is 0 Å². The fourth-order valence-electron chi connectivity index (χ4n) is 1.85. The molecule has 1 amide bonds. The monoisotopic (exact) mass is 261 g/mol. The maximum atomic E-state index is 11.3. The van der Waals surface area contributed by atoms with Crippen molar-refractivity contribution in [1.29, 1.82) is 0 Å². The van der Waals surface area contributed by atoms with Crippen molar-refractivity contribution in [2.24, 2.45) is 4.99 Å². The lowest BCUT2D eigenvalue weighted by molar-refractivity contribution is -0.124. The largest absolute Gasteiger partial charge is 0.394 e. The number of carbonyl (C=O) groups excluding carboxylic acids is 1. The molecule has 5 nitrogen and oxygen atoms in total. The fourth-order valence-corrected chi connectivity index (χ4v) is 1.85. The highest BCUT2D eigenvalue weighted by Gasteiger charge is 2.23. The first-order valence-corrected chi connectivity index (χ1v) is 6.27. The number of benzene rings is 1. The van der Waals surface area contributed by atoms with Crippen LogP contribution in [0.5, 0.6) is 0 Å². The number of amides is 1. The maximum Gasteiger partial charge on any atom is 0.265 e. The van der Waals surface area contributed by atoms with Gasteiger partial charge >= 0.3 is 0 Å². The number of hydrogen-bond acceptors (Lipinski definition) is 4. The second-order valence-electron chi connectivity index (χ2n) is 5.62. The fraction of sp³-hybridized carbons (Fsp3) is 0.429. The highest BCUT2D eigenvalue weighted by atomic mass is 16.3. The Hall–Kier alpha value is -1.88. The van der Waals surface area contributed by atoms with E-state index in [1.165, 1.54) is 5.56 Å². The van der Waals surface area contributed by atoms with Crippen LogP contribution in [-0.2, 0) is 10.2 Å². The van der Waals surface area contributed by atoms with E-state index in [4.69, 9.17) is 5.11 Å². The van der Waals surface area contributed by atoms with E-state index in [1.54, 1.807) is 0 Å². The number of nitrogens with zero attached hydrogens (tertiary/aromatic N) is 1. The molecular weight excluding hydrogens is 242 g/mol. The lowest BCUT2D eigenvalue weighted by atomic mass is 9.86. The van der Waals surface area contributed by atoms with E-state index in [-0.39, 0.29) is 17.9 Å². The molecule has 1 aliphatic rings. The first kappa shape index (κ1) is 13.5. The van der Waals surface area contributed by atoms with E-state index in [2.05, 4.69) is 36.6 Å². The number of nitrogens with one attached hydrogen (secondary N) is 2. The molecule has 0 aromatic heterocycles. The number of carbonyl (C=O) groups is 1. The second kappa shape index (κ2) is 5.01. The van der Waals surface area contributed by atoms with Gasteiger partial charge in [-0.05, 0) is 11.0 Å². The van der Waals surface area contributed by atoms with Crippen molar-refractivity contribution in [2.45, 2.75) is 32.2 Å². The van der Waals surface area contributed by atoms with Crippen molar-refractivity contribution < 1.29 is 9.90 Å². The number of aliphatic hydroxyl groups is 1. The van der Waals surface area contributed by atoms with E-state index in [0.29, 0.717) is 5.84 Å². The Morgan fingerprint density at radius 1 is 1.21 bits per heavy atom. The summed E-state index contributed by atoms with van der Waals surface area (Å²) < 4.78 is 0. The summed E-state index contributed by atoms with van der Waals surface area (Å²) in [5.74, 6) is 0.247. The molecule has 102 valence electrons. The highest BCUT2D eigenvalue weighted by Crippen LogP contribution is 2.22. The van der Waals surface area contributed by atoms with Gasteiger partial charge in [-0.1, -0.05) is 45.0 Å². The van der Waals surface area contributed by atoms with E-state index in [1.807, 2.05) is 24.3 Å². The third-order valence-electron chi connectivity index (χ3n) is 3.09. The predicted octanol–water partition coefficient (Wildman–Crippen LogP) is 0.726. The molecule has 1 aromatic carbocycles. The molecule has 0 radical (unpaired) electrons. The van der Waals surface area contributed by atoms with Crippen molar-refractivity contribution in [3.05, 3.63) is 35.4 Å². The van der Waals surface area contributed by atoms with Crippen LogP contribution < -0.4 is 10.9 Å². The molecule has 0 saturated heterocycles. The summed E-state index contributed by atoms with van der Waals surface area (Å²) in [6.45, 7) is 6.16. The third-order valence-corrected chi connectivity index (χ3v) is 3.09.